The molecule has 1 unspecified atom stereocenters. The summed E-state index contributed by atoms with van der Waals surface area (Å²) in [7, 11) is 0. The van der Waals surface area contributed by atoms with E-state index in [1.165, 1.54) is 11.1 Å². The Morgan fingerprint density at radius 1 is 1.29 bits per heavy atom. The van der Waals surface area contributed by atoms with Crippen LogP contribution in [0.15, 0.2) is 24.3 Å². The van der Waals surface area contributed by atoms with E-state index in [-0.39, 0.29) is 12.2 Å². The van der Waals surface area contributed by atoms with E-state index in [1.807, 2.05) is 12.1 Å². The highest BCUT2D eigenvalue weighted by Crippen LogP contribution is 2.24. The zero-order valence-electron chi connectivity index (χ0n) is 14.5. The Labute approximate surface area is 144 Å². The molecule has 1 amide bonds. The molecular formula is C19H28N2O3. The molecule has 2 aliphatic rings. The Morgan fingerprint density at radius 3 is 2.88 bits per heavy atom. The van der Waals surface area contributed by atoms with Gasteiger partial charge in [0.05, 0.1) is 19.8 Å². The second kappa shape index (κ2) is 8.60. The Kier molecular flexibility index (Phi) is 6.24. The molecule has 0 aromatic heterocycles. The first kappa shape index (κ1) is 17.4. The van der Waals surface area contributed by atoms with Crippen molar-refractivity contribution >= 4 is 5.91 Å². The smallest absolute Gasteiger partial charge is 0.234 e. The van der Waals surface area contributed by atoms with Crippen LogP contribution in [0.5, 0.6) is 0 Å². The zero-order valence-corrected chi connectivity index (χ0v) is 14.5. The van der Waals surface area contributed by atoms with Gasteiger partial charge in [0, 0.05) is 19.0 Å². The largest absolute Gasteiger partial charge is 0.355 e. The first-order chi connectivity index (χ1) is 11.7. The Morgan fingerprint density at radius 2 is 2.08 bits per heavy atom. The topological polar surface area (TPSA) is 50.8 Å². The number of aryl methyl sites for hydroxylation is 1. The van der Waals surface area contributed by atoms with Crippen LogP contribution in [-0.4, -0.2) is 56.5 Å². The number of nitrogens with zero attached hydrogens (tertiary/aromatic N) is 1. The van der Waals surface area contributed by atoms with E-state index in [0.29, 0.717) is 32.2 Å². The van der Waals surface area contributed by atoms with Crippen LogP contribution >= 0.6 is 0 Å². The summed E-state index contributed by atoms with van der Waals surface area (Å²) in [6, 6.07) is 8.32. The highest BCUT2D eigenvalue weighted by Gasteiger charge is 2.31. The average molecular weight is 332 g/mol. The molecule has 0 spiro atoms. The van der Waals surface area contributed by atoms with Gasteiger partial charge in [-0.05, 0) is 43.9 Å². The molecule has 0 aliphatic carbocycles. The van der Waals surface area contributed by atoms with Gasteiger partial charge in [-0.3, -0.25) is 9.69 Å². The van der Waals surface area contributed by atoms with Crippen molar-refractivity contribution in [3.05, 3.63) is 35.4 Å². The molecule has 1 atom stereocenters. The van der Waals surface area contributed by atoms with Gasteiger partial charge < -0.3 is 14.8 Å². The molecule has 5 nitrogen and oxygen atoms in total. The maximum absolute atomic E-state index is 12.2. The molecule has 1 N–H and O–H groups in total. The molecule has 1 aromatic rings. The minimum Gasteiger partial charge on any atom is -0.355 e. The summed E-state index contributed by atoms with van der Waals surface area (Å²) in [5.41, 5.74) is 2.58. The first-order valence-electron chi connectivity index (χ1n) is 8.99. The number of amides is 1. The normalized spacial score (nSPS) is 22.6. The second-order valence-corrected chi connectivity index (χ2v) is 6.77. The summed E-state index contributed by atoms with van der Waals surface area (Å²) >= 11 is 0. The van der Waals surface area contributed by atoms with Crippen molar-refractivity contribution in [3.8, 4) is 0 Å². The van der Waals surface area contributed by atoms with E-state index in [2.05, 4.69) is 29.3 Å². The maximum Gasteiger partial charge on any atom is 0.234 e. The highest BCUT2D eigenvalue weighted by atomic mass is 16.7. The lowest BCUT2D eigenvalue weighted by Gasteiger charge is -2.34. The number of nitrogens with one attached hydrogen (secondary N) is 1. The van der Waals surface area contributed by atoms with Crippen molar-refractivity contribution in [1.82, 2.24) is 10.2 Å². The summed E-state index contributed by atoms with van der Waals surface area (Å²) in [6.45, 7) is 6.52. The lowest BCUT2D eigenvalue weighted by molar-refractivity contribution is -0.125. The molecule has 5 heteroatoms. The zero-order chi connectivity index (χ0) is 16.8. The second-order valence-electron chi connectivity index (χ2n) is 6.77. The molecule has 0 radical (unpaired) electrons. The summed E-state index contributed by atoms with van der Waals surface area (Å²) in [5, 5.41) is 3.05. The van der Waals surface area contributed by atoms with Gasteiger partial charge in [0.15, 0.2) is 6.29 Å². The summed E-state index contributed by atoms with van der Waals surface area (Å²) in [4.78, 5) is 14.4. The number of benzene rings is 1. The number of piperidine rings is 1. The van der Waals surface area contributed by atoms with E-state index in [9.17, 15) is 4.79 Å². The molecule has 2 saturated heterocycles. The molecule has 0 saturated carbocycles. The van der Waals surface area contributed by atoms with Crippen molar-refractivity contribution in [3.63, 3.8) is 0 Å². The van der Waals surface area contributed by atoms with E-state index >= 15 is 0 Å². The number of carbonyl (C=O) groups is 1. The summed E-state index contributed by atoms with van der Waals surface area (Å²) in [6.07, 6.45) is 3.03. The van der Waals surface area contributed by atoms with Gasteiger partial charge in [-0.2, -0.15) is 0 Å². The molecule has 0 bridgehead atoms. The number of likely N-dealkylation sites (tertiary alicyclic amines) is 1. The van der Waals surface area contributed by atoms with Gasteiger partial charge in [-0.25, -0.2) is 0 Å². The monoisotopic (exact) mass is 332 g/mol. The Bertz CT molecular complexity index is 543. The van der Waals surface area contributed by atoms with Gasteiger partial charge >= 0.3 is 0 Å². The van der Waals surface area contributed by atoms with Crippen LogP contribution in [0, 0.1) is 12.8 Å². The predicted octanol–water partition coefficient (Wildman–Crippen LogP) is 1.74. The lowest BCUT2D eigenvalue weighted by atomic mass is 9.97. The molecule has 132 valence electrons. The quantitative estimate of drug-likeness (QED) is 0.862. The number of ether oxygens (including phenoxy) is 2. The van der Waals surface area contributed by atoms with Crippen LogP contribution in [-0.2, 0) is 20.7 Å². The SMILES string of the molecule is Cc1ccccc1CCNC(=O)CN1CCCC(C2OCCO2)C1. The van der Waals surface area contributed by atoms with Crippen molar-refractivity contribution in [2.24, 2.45) is 5.92 Å². The third-order valence-electron chi connectivity index (χ3n) is 4.92. The maximum atomic E-state index is 12.2. The summed E-state index contributed by atoms with van der Waals surface area (Å²) < 4.78 is 11.2. The molecule has 2 aliphatic heterocycles. The number of hydrogen-bond acceptors (Lipinski definition) is 4. The Hall–Kier alpha value is -1.43. The van der Waals surface area contributed by atoms with E-state index < -0.39 is 0 Å². The van der Waals surface area contributed by atoms with Gasteiger partial charge in [-0.1, -0.05) is 24.3 Å². The van der Waals surface area contributed by atoms with Gasteiger partial charge in [0.25, 0.3) is 0 Å². The van der Waals surface area contributed by atoms with Gasteiger partial charge in [0.2, 0.25) is 5.91 Å². The average Bonchev–Trinajstić information content (AvgIpc) is 3.11. The van der Waals surface area contributed by atoms with Crippen molar-refractivity contribution < 1.29 is 14.3 Å². The minimum absolute atomic E-state index is 0.0723. The van der Waals surface area contributed by atoms with Crippen LogP contribution in [0.4, 0.5) is 0 Å². The van der Waals surface area contributed by atoms with Gasteiger partial charge in [0.1, 0.15) is 0 Å². The number of hydrogen-bond donors (Lipinski definition) is 1. The molecule has 2 fully saturated rings. The van der Waals surface area contributed by atoms with Crippen LogP contribution in [0.3, 0.4) is 0 Å². The third kappa shape index (κ3) is 4.79. The molecule has 24 heavy (non-hydrogen) atoms. The fraction of sp³-hybridized carbons (Fsp3) is 0.632. The highest BCUT2D eigenvalue weighted by molar-refractivity contribution is 5.78. The third-order valence-corrected chi connectivity index (χ3v) is 4.92. The fourth-order valence-corrected chi connectivity index (χ4v) is 3.59. The first-order valence-corrected chi connectivity index (χ1v) is 8.99. The predicted molar refractivity (Wildman–Crippen MR) is 92.7 cm³/mol. The van der Waals surface area contributed by atoms with E-state index in [1.54, 1.807) is 0 Å². The molecule has 3 rings (SSSR count). The van der Waals surface area contributed by atoms with Crippen LogP contribution < -0.4 is 5.32 Å². The van der Waals surface area contributed by atoms with Crippen LogP contribution in [0.25, 0.3) is 0 Å². The van der Waals surface area contributed by atoms with E-state index in [4.69, 9.17) is 9.47 Å². The molecular weight excluding hydrogens is 304 g/mol. The fourth-order valence-electron chi connectivity index (χ4n) is 3.59. The number of carbonyl (C=O) groups excluding carboxylic acids is 1. The van der Waals surface area contributed by atoms with Crippen molar-refractivity contribution in [1.29, 1.82) is 0 Å². The standard InChI is InChI=1S/C19H28N2O3/c1-15-5-2-3-6-16(15)8-9-20-18(22)14-21-10-4-7-17(13-21)19-23-11-12-24-19/h2-3,5-6,17,19H,4,7-14H2,1H3,(H,20,22). The minimum atomic E-state index is -0.0723. The number of rotatable bonds is 6. The van der Waals surface area contributed by atoms with Gasteiger partial charge in [-0.15, -0.1) is 0 Å². The molecule has 1 aromatic carbocycles. The van der Waals surface area contributed by atoms with Crippen LogP contribution in [0.2, 0.25) is 0 Å². The lowest BCUT2D eigenvalue weighted by Crippen LogP contribution is -2.45. The van der Waals surface area contributed by atoms with E-state index in [0.717, 1.165) is 32.4 Å². The van der Waals surface area contributed by atoms with Crippen LogP contribution in [0.1, 0.15) is 24.0 Å². The Balaban J connectivity index is 1.39. The molecule has 2 heterocycles. The van der Waals surface area contributed by atoms with Crippen molar-refractivity contribution in [2.75, 3.05) is 39.4 Å². The summed E-state index contributed by atoms with van der Waals surface area (Å²) in [5.74, 6) is 0.499. The van der Waals surface area contributed by atoms with Crippen molar-refractivity contribution in [2.45, 2.75) is 32.5 Å².